The molecule has 0 aliphatic heterocycles. The van der Waals surface area contributed by atoms with Gasteiger partial charge >= 0.3 is 20.4 Å². The Hall–Kier alpha value is -0.838. The molecule has 0 aromatic carbocycles. The topological polar surface area (TPSA) is 12.0 Å². The van der Waals surface area contributed by atoms with E-state index < -0.39 is 0 Å². The van der Waals surface area contributed by atoms with E-state index in [9.17, 15) is 0 Å². The second-order valence-corrected chi connectivity index (χ2v) is 6.14. The maximum Gasteiger partial charge on any atom is 2.00 e. The second kappa shape index (κ2) is 12.6. The van der Waals surface area contributed by atoms with Crippen LogP contribution in [0.5, 0.6) is 0 Å². The third-order valence-corrected chi connectivity index (χ3v) is 3.85. The zero-order valence-electron chi connectivity index (χ0n) is 14.9. The maximum atomic E-state index is 4.08. The smallest absolute Gasteiger partial charge is 0.402 e. The van der Waals surface area contributed by atoms with Gasteiger partial charge in [0.2, 0.25) is 0 Å². The van der Waals surface area contributed by atoms with Crippen LogP contribution in [0.3, 0.4) is 0 Å². The molecule has 1 nitrogen and oxygen atoms in total. The average Bonchev–Trinajstić information content (AvgIpc) is 3.32. The average molecular weight is 404 g/mol. The molecule has 1 rings (SSSR count). The molecule has 0 unspecified atom stereocenters. The van der Waals surface area contributed by atoms with Crippen LogP contribution in [0, 0.1) is 24.0 Å². The fourth-order valence-electron chi connectivity index (χ4n) is 2.39. The van der Waals surface area contributed by atoms with Crippen molar-refractivity contribution in [2.45, 2.75) is 59.3 Å². The van der Waals surface area contributed by atoms with Gasteiger partial charge < -0.3 is 23.0 Å². The van der Waals surface area contributed by atoms with Gasteiger partial charge in [0.1, 0.15) is 0 Å². The summed E-state index contributed by atoms with van der Waals surface area (Å²) in [4.78, 5) is 0. The Morgan fingerprint density at radius 2 is 1.87 bits per heavy atom. The fraction of sp³-hybridized carbons (Fsp3) is 0.524. The Bertz CT molecular complexity index is 446. The molecule has 2 heteroatoms. The van der Waals surface area contributed by atoms with Gasteiger partial charge in [-0.15, -0.1) is 12.0 Å². The first-order chi connectivity index (χ1) is 10.6. The molecule has 0 saturated heterocycles. The predicted octanol–water partition coefficient (Wildman–Crippen LogP) is 5.89. The molecule has 0 bridgehead atoms. The largest absolute Gasteiger partial charge is 2.00 e. The summed E-state index contributed by atoms with van der Waals surface area (Å²) >= 11 is 0. The fourth-order valence-corrected chi connectivity index (χ4v) is 2.39. The maximum absolute atomic E-state index is 4.08. The van der Waals surface area contributed by atoms with Crippen molar-refractivity contribution in [3.63, 3.8) is 0 Å². The Kier molecular flexibility index (Phi) is 12.1. The van der Waals surface area contributed by atoms with Crippen LogP contribution in [-0.2, 0) is 20.4 Å². The molecule has 130 valence electrons. The second-order valence-electron chi connectivity index (χ2n) is 6.14. The van der Waals surface area contributed by atoms with Gasteiger partial charge in [0, 0.05) is 5.70 Å². The summed E-state index contributed by atoms with van der Waals surface area (Å²) < 4.78 is 0. The minimum Gasteiger partial charge on any atom is -0.402 e. The van der Waals surface area contributed by atoms with Crippen molar-refractivity contribution >= 4 is 0 Å². The summed E-state index contributed by atoms with van der Waals surface area (Å²) in [5, 5.41) is 3.35. The summed E-state index contributed by atoms with van der Waals surface area (Å²) in [7, 11) is 0. The van der Waals surface area contributed by atoms with Crippen molar-refractivity contribution in [1.29, 1.82) is 0 Å². The molecule has 0 aromatic heterocycles. The summed E-state index contributed by atoms with van der Waals surface area (Å²) in [5.41, 5.74) is 3.18. The van der Waals surface area contributed by atoms with Crippen molar-refractivity contribution in [2.24, 2.45) is 11.8 Å². The van der Waals surface area contributed by atoms with Crippen LogP contribution in [0.15, 0.2) is 48.4 Å². The molecule has 0 atom stereocenters. The summed E-state index contributed by atoms with van der Waals surface area (Å²) in [5.74, 6) is 1.22. The molecule has 0 spiro atoms. The standard InChI is InChI=1S/C21H31N.Pd/c1-6-9-20(10-7-2)14-13-19(8-3)12-11-17(4)22-18(5)21-15-16-21;/h8,11,13,20-22H,3,5-7,9-10,15-16H2,1-2,4H3;/q-2;+2/b17-11+;. The molecular weight excluding hydrogens is 373 g/mol. The van der Waals surface area contributed by atoms with E-state index in [0.717, 1.165) is 17.0 Å². The van der Waals surface area contributed by atoms with Gasteiger partial charge in [-0.05, 0) is 18.8 Å². The Balaban J connectivity index is 0.00000484. The summed E-state index contributed by atoms with van der Waals surface area (Å²) in [6.45, 7) is 14.4. The third-order valence-electron chi connectivity index (χ3n) is 3.85. The van der Waals surface area contributed by atoms with Gasteiger partial charge in [0.25, 0.3) is 0 Å². The predicted molar refractivity (Wildman–Crippen MR) is 96.8 cm³/mol. The first-order valence-electron chi connectivity index (χ1n) is 8.58. The molecule has 0 radical (unpaired) electrons. The third kappa shape index (κ3) is 9.80. The molecule has 0 aromatic rings. The first-order valence-corrected chi connectivity index (χ1v) is 8.58. The quantitative estimate of drug-likeness (QED) is 0.257. The molecule has 1 aliphatic rings. The van der Waals surface area contributed by atoms with Crippen LogP contribution in [0.4, 0.5) is 0 Å². The van der Waals surface area contributed by atoms with Crippen molar-refractivity contribution < 1.29 is 20.4 Å². The van der Waals surface area contributed by atoms with E-state index in [1.54, 1.807) is 0 Å². The van der Waals surface area contributed by atoms with Gasteiger partial charge in [0.05, 0.1) is 0 Å². The van der Waals surface area contributed by atoms with Crippen LogP contribution < -0.4 is 5.32 Å². The van der Waals surface area contributed by atoms with Crippen molar-refractivity contribution in [3.05, 3.63) is 60.5 Å². The summed E-state index contributed by atoms with van der Waals surface area (Å²) in [6, 6.07) is 0. The molecule has 23 heavy (non-hydrogen) atoms. The number of hydrogen-bond acceptors (Lipinski definition) is 1. The summed E-state index contributed by atoms with van der Waals surface area (Å²) in [6.07, 6.45) is 20.0. The van der Waals surface area contributed by atoms with Gasteiger partial charge in [0.15, 0.2) is 0 Å². The Labute approximate surface area is 157 Å². The normalized spacial score (nSPS) is 15.7. The van der Waals surface area contributed by atoms with Gasteiger partial charge in [-0.2, -0.15) is 6.58 Å². The van der Waals surface area contributed by atoms with Crippen LogP contribution in [-0.4, -0.2) is 0 Å². The van der Waals surface area contributed by atoms with E-state index in [-0.39, 0.29) is 20.4 Å². The van der Waals surface area contributed by atoms with E-state index in [1.165, 1.54) is 38.5 Å². The number of nitrogens with one attached hydrogen (secondary N) is 1. The van der Waals surface area contributed by atoms with Crippen molar-refractivity contribution in [1.82, 2.24) is 5.32 Å². The van der Waals surface area contributed by atoms with E-state index in [1.807, 2.05) is 25.2 Å². The van der Waals surface area contributed by atoms with Crippen molar-refractivity contribution in [2.75, 3.05) is 0 Å². The van der Waals surface area contributed by atoms with E-state index in [4.69, 9.17) is 0 Å². The van der Waals surface area contributed by atoms with E-state index >= 15 is 0 Å². The molecule has 1 saturated carbocycles. The molecule has 0 heterocycles. The minimum absolute atomic E-state index is 0. The van der Waals surface area contributed by atoms with Gasteiger partial charge in [-0.1, -0.05) is 58.7 Å². The molecule has 1 aliphatic carbocycles. The van der Waals surface area contributed by atoms with Gasteiger partial charge in [-0.25, -0.2) is 12.2 Å². The molecule has 1 N–H and O–H groups in total. The van der Waals surface area contributed by atoms with Crippen LogP contribution in [0.25, 0.3) is 0 Å². The van der Waals surface area contributed by atoms with Crippen molar-refractivity contribution in [3.8, 4) is 0 Å². The first kappa shape index (κ1) is 22.2. The van der Waals surface area contributed by atoms with E-state index in [0.29, 0.717) is 11.8 Å². The van der Waals surface area contributed by atoms with Crippen LogP contribution in [0.2, 0.25) is 0 Å². The van der Waals surface area contributed by atoms with Crippen LogP contribution in [0.1, 0.15) is 59.3 Å². The molecule has 0 amide bonds. The van der Waals surface area contributed by atoms with Gasteiger partial charge in [-0.3, -0.25) is 0 Å². The SMILES string of the molecule is C=CC(=[C-]/C=C(\C)NC(=C)C1CC1)C=[C-]C(CCC)CCC.[Pd+2]. The number of hydrogen-bond donors (Lipinski definition) is 1. The molecular formula is C21H31NPd. The Morgan fingerprint density at radius 1 is 1.26 bits per heavy atom. The minimum atomic E-state index is 0. The van der Waals surface area contributed by atoms with Crippen LogP contribution >= 0.6 is 0 Å². The zero-order valence-corrected chi connectivity index (χ0v) is 16.4. The monoisotopic (exact) mass is 403 g/mol. The number of rotatable bonds is 11. The number of allylic oxidation sites excluding steroid dienone is 8. The van der Waals surface area contributed by atoms with E-state index in [2.05, 4.69) is 44.5 Å². The zero-order chi connectivity index (χ0) is 16.4. The Morgan fingerprint density at radius 3 is 2.35 bits per heavy atom. The molecule has 1 fully saturated rings.